The second-order valence-electron chi connectivity index (χ2n) is 2.99. The highest BCUT2D eigenvalue weighted by Crippen LogP contribution is 2.17. The number of rotatable bonds is 3. The summed E-state index contributed by atoms with van der Waals surface area (Å²) in [7, 11) is 0. The number of hydrogen-bond donors (Lipinski definition) is 1. The molecular weight excluding hydrogens is 168 g/mol. The van der Waals surface area contributed by atoms with Crippen LogP contribution in [-0.4, -0.2) is 16.7 Å². The van der Waals surface area contributed by atoms with Crippen LogP contribution in [0.25, 0.3) is 0 Å². The zero-order valence-electron chi connectivity index (χ0n) is 7.54. The van der Waals surface area contributed by atoms with E-state index in [9.17, 15) is 14.7 Å². The highest BCUT2D eigenvalue weighted by molar-refractivity contribution is 6.18. The van der Waals surface area contributed by atoms with Gasteiger partial charge in [-0.3, -0.25) is 9.59 Å². The zero-order valence-corrected chi connectivity index (χ0v) is 7.54. The van der Waals surface area contributed by atoms with Crippen molar-refractivity contribution in [3.8, 4) is 0 Å². The van der Waals surface area contributed by atoms with Gasteiger partial charge in [-0.15, -0.1) is 0 Å². The lowest BCUT2D eigenvalue weighted by Gasteiger charge is -2.08. The van der Waals surface area contributed by atoms with Crippen LogP contribution in [0.5, 0.6) is 0 Å². The lowest BCUT2D eigenvalue weighted by atomic mass is 9.97. The third kappa shape index (κ3) is 2.05. The third-order valence-electron chi connectivity index (χ3n) is 1.98. The van der Waals surface area contributed by atoms with Gasteiger partial charge < -0.3 is 5.11 Å². The summed E-state index contributed by atoms with van der Waals surface area (Å²) >= 11 is 0. The molecule has 0 unspecified atom stereocenters. The van der Waals surface area contributed by atoms with Gasteiger partial charge in [0.05, 0.1) is 0 Å². The normalized spacial score (nSPS) is 17.0. The van der Waals surface area contributed by atoms with Crippen molar-refractivity contribution in [3.05, 3.63) is 23.5 Å². The number of hydrogen-bond acceptors (Lipinski definition) is 3. The van der Waals surface area contributed by atoms with Crippen LogP contribution in [-0.2, 0) is 9.59 Å². The maximum atomic E-state index is 11.2. The van der Waals surface area contributed by atoms with E-state index >= 15 is 0 Å². The van der Waals surface area contributed by atoms with Crippen LogP contribution in [0.2, 0.25) is 0 Å². The van der Waals surface area contributed by atoms with Gasteiger partial charge >= 0.3 is 0 Å². The largest absolute Gasteiger partial charge is 0.504 e. The third-order valence-corrected chi connectivity index (χ3v) is 1.98. The fourth-order valence-electron chi connectivity index (χ4n) is 1.19. The summed E-state index contributed by atoms with van der Waals surface area (Å²) in [4.78, 5) is 22.2. The molecule has 0 atom stereocenters. The van der Waals surface area contributed by atoms with Gasteiger partial charge in [-0.25, -0.2) is 0 Å². The Balaban J connectivity index is 2.83. The minimum absolute atomic E-state index is 0.245. The van der Waals surface area contributed by atoms with E-state index in [1.54, 1.807) is 0 Å². The zero-order chi connectivity index (χ0) is 9.84. The maximum Gasteiger partial charge on any atom is 0.220 e. The Hall–Kier alpha value is -1.38. The predicted molar refractivity (Wildman–Crippen MR) is 48.3 cm³/mol. The molecule has 1 N–H and O–H groups in total. The minimum Gasteiger partial charge on any atom is -0.504 e. The van der Waals surface area contributed by atoms with Gasteiger partial charge in [-0.2, -0.15) is 0 Å². The van der Waals surface area contributed by atoms with E-state index in [-0.39, 0.29) is 17.1 Å². The minimum atomic E-state index is -0.467. The van der Waals surface area contributed by atoms with E-state index in [2.05, 4.69) is 0 Å². The maximum absolute atomic E-state index is 11.2. The van der Waals surface area contributed by atoms with Gasteiger partial charge in [0.1, 0.15) is 0 Å². The average molecular weight is 180 g/mol. The SMILES string of the molecule is CCCCC1=C(O)C(=O)C=CC1=O. The van der Waals surface area contributed by atoms with Crippen molar-refractivity contribution < 1.29 is 14.7 Å². The lowest BCUT2D eigenvalue weighted by molar-refractivity contribution is -0.117. The summed E-state index contributed by atoms with van der Waals surface area (Å²) in [5.41, 5.74) is 0.259. The van der Waals surface area contributed by atoms with Crippen LogP contribution in [0, 0.1) is 0 Å². The average Bonchev–Trinajstić information content (AvgIpc) is 2.12. The summed E-state index contributed by atoms with van der Waals surface area (Å²) in [6.45, 7) is 1.99. The molecular formula is C10H12O3. The second-order valence-corrected chi connectivity index (χ2v) is 2.99. The highest BCUT2D eigenvalue weighted by Gasteiger charge is 2.20. The number of unbranched alkanes of at least 4 members (excludes halogenated alkanes) is 1. The first-order chi connectivity index (χ1) is 6.16. The molecule has 0 heterocycles. The summed E-state index contributed by atoms with van der Waals surface area (Å²) in [6.07, 6.45) is 4.55. The Kier molecular flexibility index (Phi) is 3.01. The van der Waals surface area contributed by atoms with Crippen LogP contribution >= 0.6 is 0 Å². The Labute approximate surface area is 76.8 Å². The first-order valence-electron chi connectivity index (χ1n) is 4.35. The molecule has 0 saturated carbocycles. The monoisotopic (exact) mass is 180 g/mol. The van der Waals surface area contributed by atoms with Crippen LogP contribution in [0.3, 0.4) is 0 Å². The van der Waals surface area contributed by atoms with Gasteiger partial charge in [-0.1, -0.05) is 13.3 Å². The van der Waals surface area contributed by atoms with Crippen molar-refractivity contribution in [2.24, 2.45) is 0 Å². The van der Waals surface area contributed by atoms with Crippen molar-refractivity contribution in [1.29, 1.82) is 0 Å². The Morgan fingerprint density at radius 2 is 1.85 bits per heavy atom. The first-order valence-corrected chi connectivity index (χ1v) is 4.35. The molecule has 0 aromatic heterocycles. The molecule has 3 nitrogen and oxygen atoms in total. The number of ketones is 2. The molecule has 0 aromatic rings. The number of aliphatic hydroxyl groups excluding tert-OH is 1. The number of carbonyl (C=O) groups excluding carboxylic acids is 2. The molecule has 3 heteroatoms. The predicted octanol–water partition coefficient (Wildman–Crippen LogP) is 1.70. The summed E-state index contributed by atoms with van der Waals surface area (Å²) in [5.74, 6) is -1.09. The molecule has 0 radical (unpaired) electrons. The molecule has 70 valence electrons. The summed E-state index contributed by atoms with van der Waals surface area (Å²) in [5, 5.41) is 9.29. The van der Waals surface area contributed by atoms with E-state index in [4.69, 9.17) is 0 Å². The molecule has 1 rings (SSSR count). The fraction of sp³-hybridized carbons (Fsp3) is 0.400. The second kappa shape index (κ2) is 4.03. The molecule has 0 bridgehead atoms. The van der Waals surface area contributed by atoms with E-state index in [1.165, 1.54) is 6.08 Å². The first kappa shape index (κ1) is 9.71. The number of carbonyl (C=O) groups is 2. The molecule has 1 aliphatic rings. The standard InChI is InChI=1S/C10H12O3/c1-2-3-4-7-8(11)5-6-9(12)10(7)13/h5-6,13H,2-4H2,1H3. The Morgan fingerprint density at radius 3 is 2.46 bits per heavy atom. The molecule has 13 heavy (non-hydrogen) atoms. The van der Waals surface area contributed by atoms with Crippen LogP contribution < -0.4 is 0 Å². The topological polar surface area (TPSA) is 54.4 Å². The van der Waals surface area contributed by atoms with Crippen LogP contribution in [0.4, 0.5) is 0 Å². The quantitative estimate of drug-likeness (QED) is 0.672. The van der Waals surface area contributed by atoms with Gasteiger partial charge in [0, 0.05) is 5.57 Å². The van der Waals surface area contributed by atoms with Crippen LogP contribution in [0.15, 0.2) is 23.5 Å². The van der Waals surface area contributed by atoms with Gasteiger partial charge in [0.2, 0.25) is 5.78 Å². The van der Waals surface area contributed by atoms with Crippen molar-refractivity contribution in [1.82, 2.24) is 0 Å². The number of aliphatic hydroxyl groups is 1. The molecule has 0 spiro atoms. The van der Waals surface area contributed by atoms with Crippen molar-refractivity contribution >= 4 is 11.6 Å². The molecule has 0 aromatic carbocycles. The lowest BCUT2D eigenvalue weighted by Crippen LogP contribution is -2.14. The van der Waals surface area contributed by atoms with Crippen LogP contribution in [0.1, 0.15) is 26.2 Å². The fourth-order valence-corrected chi connectivity index (χ4v) is 1.19. The van der Waals surface area contributed by atoms with Crippen molar-refractivity contribution in [2.45, 2.75) is 26.2 Å². The summed E-state index contributed by atoms with van der Waals surface area (Å²) < 4.78 is 0. The van der Waals surface area contributed by atoms with E-state index < -0.39 is 5.78 Å². The highest BCUT2D eigenvalue weighted by atomic mass is 16.3. The van der Waals surface area contributed by atoms with Gasteiger partial charge in [0.25, 0.3) is 0 Å². The van der Waals surface area contributed by atoms with Crippen molar-refractivity contribution in [2.75, 3.05) is 0 Å². The summed E-state index contributed by atoms with van der Waals surface area (Å²) in [6, 6.07) is 0. The Morgan fingerprint density at radius 1 is 1.23 bits per heavy atom. The molecule has 1 aliphatic carbocycles. The molecule has 0 saturated heterocycles. The van der Waals surface area contributed by atoms with Crippen molar-refractivity contribution in [3.63, 3.8) is 0 Å². The molecule has 0 amide bonds. The van der Waals surface area contributed by atoms with E-state index in [1.807, 2.05) is 6.92 Å². The smallest absolute Gasteiger partial charge is 0.220 e. The van der Waals surface area contributed by atoms with E-state index in [0.29, 0.717) is 6.42 Å². The number of allylic oxidation sites excluding steroid dienone is 3. The van der Waals surface area contributed by atoms with E-state index in [0.717, 1.165) is 18.9 Å². The molecule has 0 aliphatic heterocycles. The molecule has 0 fully saturated rings. The van der Waals surface area contributed by atoms with Gasteiger partial charge in [0.15, 0.2) is 11.5 Å². The Bertz CT molecular complexity index is 297. The van der Waals surface area contributed by atoms with Gasteiger partial charge in [-0.05, 0) is 25.0 Å².